The molecule has 0 radical (unpaired) electrons. The van der Waals surface area contributed by atoms with Gasteiger partial charge >= 0.3 is 0 Å². The third-order valence-electron chi connectivity index (χ3n) is 6.65. The van der Waals surface area contributed by atoms with Crippen LogP contribution in [0.4, 0.5) is 0 Å². The van der Waals surface area contributed by atoms with Gasteiger partial charge in [0, 0.05) is 16.7 Å². The molecule has 194 valence electrons. The standard InChI is InChI=1S/C26H22ClN5O5S/c1-38(34,29-13-28)17-8-6-15(7-9-17)14-2-4-16(5-3-14)22-18(27)10-19-25(31-22)32-26(30-19)37-21-12-36-23-20(33)11-35-24(21)23/h2-10,20-21,23-24,33H,11-12H2,1H3,(H,30,31,32)/t20?,21-,23-,24-,38?/m1/s1. The zero-order chi connectivity index (χ0) is 26.4. The topological polar surface area (TPSA) is 143 Å². The number of nitrogens with one attached hydrogen (secondary N) is 1. The highest BCUT2D eigenvalue weighted by Crippen LogP contribution is 2.33. The van der Waals surface area contributed by atoms with Gasteiger partial charge in [0.15, 0.2) is 11.8 Å². The van der Waals surface area contributed by atoms with E-state index < -0.39 is 28.0 Å². The Hall–Kier alpha value is -3.53. The van der Waals surface area contributed by atoms with E-state index >= 15 is 0 Å². The molecule has 5 atom stereocenters. The van der Waals surface area contributed by atoms with E-state index in [-0.39, 0.29) is 18.7 Å². The summed E-state index contributed by atoms with van der Waals surface area (Å²) in [6.07, 6.45) is 1.27. The molecule has 6 rings (SSSR count). The van der Waals surface area contributed by atoms with Crippen molar-refractivity contribution in [1.82, 2.24) is 15.0 Å². The molecule has 0 bridgehead atoms. The van der Waals surface area contributed by atoms with Crippen molar-refractivity contribution in [3.63, 3.8) is 0 Å². The second-order valence-electron chi connectivity index (χ2n) is 9.15. The maximum atomic E-state index is 12.5. The zero-order valence-corrected chi connectivity index (χ0v) is 21.6. The molecular formula is C26H22ClN5O5S. The number of H-pyrrole nitrogens is 1. The number of nitriles is 1. The Morgan fingerprint density at radius 3 is 2.45 bits per heavy atom. The maximum absolute atomic E-state index is 12.5. The lowest BCUT2D eigenvalue weighted by molar-refractivity contribution is 0.00706. The third kappa shape index (κ3) is 4.51. The minimum absolute atomic E-state index is 0.221. The molecule has 2 unspecified atom stereocenters. The molecule has 10 nitrogen and oxygen atoms in total. The van der Waals surface area contributed by atoms with Crippen LogP contribution in [0, 0.1) is 11.5 Å². The fourth-order valence-electron chi connectivity index (χ4n) is 4.69. The number of aliphatic hydroxyl groups excluding tert-OH is 1. The van der Waals surface area contributed by atoms with Gasteiger partial charge in [-0.25, -0.2) is 9.19 Å². The summed E-state index contributed by atoms with van der Waals surface area (Å²) in [7, 11) is -2.74. The van der Waals surface area contributed by atoms with Crippen molar-refractivity contribution in [2.45, 2.75) is 29.3 Å². The van der Waals surface area contributed by atoms with Gasteiger partial charge in [-0.3, -0.25) is 0 Å². The Labute approximate surface area is 223 Å². The lowest BCUT2D eigenvalue weighted by atomic mass is 10.0. The molecule has 2 aliphatic heterocycles. The Kier molecular flexibility index (Phi) is 6.29. The Bertz CT molecular complexity index is 1680. The molecule has 12 heteroatoms. The molecule has 38 heavy (non-hydrogen) atoms. The van der Waals surface area contributed by atoms with Crippen molar-refractivity contribution >= 4 is 32.5 Å². The summed E-state index contributed by atoms with van der Waals surface area (Å²) in [6, 6.07) is 16.9. The number of benzene rings is 2. The van der Waals surface area contributed by atoms with Crippen LogP contribution in [0.25, 0.3) is 33.5 Å². The number of aromatic amines is 1. The second kappa shape index (κ2) is 9.65. The van der Waals surface area contributed by atoms with E-state index in [1.165, 1.54) is 6.26 Å². The van der Waals surface area contributed by atoms with Crippen LogP contribution >= 0.6 is 11.6 Å². The lowest BCUT2D eigenvalue weighted by Crippen LogP contribution is -2.34. The van der Waals surface area contributed by atoms with E-state index in [9.17, 15) is 9.32 Å². The molecule has 0 saturated carbocycles. The van der Waals surface area contributed by atoms with Gasteiger partial charge in [0.25, 0.3) is 6.01 Å². The number of rotatable bonds is 5. The number of aliphatic hydroxyl groups is 1. The highest BCUT2D eigenvalue weighted by molar-refractivity contribution is 7.93. The van der Waals surface area contributed by atoms with Crippen LogP contribution in [0.2, 0.25) is 5.02 Å². The predicted octanol–water partition coefficient (Wildman–Crippen LogP) is 3.79. The number of aromatic nitrogens is 3. The summed E-state index contributed by atoms with van der Waals surface area (Å²) < 4.78 is 33.2. The van der Waals surface area contributed by atoms with Crippen LogP contribution in [-0.4, -0.2) is 68.2 Å². The normalized spacial score (nSPS) is 24.1. The zero-order valence-electron chi connectivity index (χ0n) is 20.1. The molecule has 2 fully saturated rings. The molecule has 0 amide bonds. The average molecular weight is 552 g/mol. The molecular weight excluding hydrogens is 530 g/mol. The summed E-state index contributed by atoms with van der Waals surface area (Å²) in [5.41, 5.74) is 4.34. The van der Waals surface area contributed by atoms with Crippen LogP contribution in [0.5, 0.6) is 6.01 Å². The Balaban J connectivity index is 1.22. The minimum Gasteiger partial charge on any atom is -0.456 e. The summed E-state index contributed by atoms with van der Waals surface area (Å²) in [5.74, 6) is 0. The fraction of sp³-hybridized carbons (Fsp3) is 0.269. The van der Waals surface area contributed by atoms with Crippen molar-refractivity contribution in [2.75, 3.05) is 19.5 Å². The van der Waals surface area contributed by atoms with Crippen LogP contribution in [0.1, 0.15) is 0 Å². The van der Waals surface area contributed by atoms with Crippen molar-refractivity contribution in [2.24, 2.45) is 4.36 Å². The highest BCUT2D eigenvalue weighted by atomic mass is 35.5. The van der Waals surface area contributed by atoms with E-state index in [1.807, 2.05) is 36.4 Å². The van der Waals surface area contributed by atoms with E-state index in [0.29, 0.717) is 33.4 Å². The van der Waals surface area contributed by atoms with Crippen molar-refractivity contribution in [3.8, 4) is 34.6 Å². The number of nitrogens with zero attached hydrogens (tertiary/aromatic N) is 4. The van der Waals surface area contributed by atoms with E-state index in [0.717, 1.165) is 16.7 Å². The highest BCUT2D eigenvalue weighted by Gasteiger charge is 2.48. The smallest absolute Gasteiger partial charge is 0.296 e. The van der Waals surface area contributed by atoms with E-state index in [2.05, 4.69) is 19.3 Å². The van der Waals surface area contributed by atoms with Crippen molar-refractivity contribution in [3.05, 3.63) is 59.6 Å². The maximum Gasteiger partial charge on any atom is 0.296 e. The second-order valence-corrected chi connectivity index (χ2v) is 11.8. The largest absolute Gasteiger partial charge is 0.456 e. The van der Waals surface area contributed by atoms with Crippen LogP contribution in [0.3, 0.4) is 0 Å². The van der Waals surface area contributed by atoms with Gasteiger partial charge in [-0.1, -0.05) is 48.0 Å². The quantitative estimate of drug-likeness (QED) is 0.357. The third-order valence-corrected chi connectivity index (χ3v) is 8.51. The molecule has 2 aromatic heterocycles. The number of pyridine rings is 1. The molecule has 4 aromatic rings. The molecule has 2 aliphatic rings. The summed E-state index contributed by atoms with van der Waals surface area (Å²) >= 11 is 6.57. The first-order valence-corrected chi connectivity index (χ1v) is 14.1. The van der Waals surface area contributed by atoms with Gasteiger partial charge in [0.05, 0.1) is 39.2 Å². The van der Waals surface area contributed by atoms with Gasteiger partial charge in [-0.05, 0) is 29.3 Å². The minimum atomic E-state index is -2.74. The van der Waals surface area contributed by atoms with Gasteiger partial charge in [0.1, 0.15) is 18.3 Å². The Morgan fingerprint density at radius 1 is 1.08 bits per heavy atom. The van der Waals surface area contributed by atoms with Crippen molar-refractivity contribution in [1.29, 1.82) is 5.26 Å². The molecule has 0 spiro atoms. The Morgan fingerprint density at radius 2 is 1.74 bits per heavy atom. The van der Waals surface area contributed by atoms with Gasteiger partial charge in [-0.2, -0.15) is 10.2 Å². The first-order valence-electron chi connectivity index (χ1n) is 11.8. The molecule has 4 heterocycles. The van der Waals surface area contributed by atoms with Crippen LogP contribution in [0.15, 0.2) is 63.9 Å². The number of fused-ring (bicyclic) bond motifs is 2. The predicted molar refractivity (Wildman–Crippen MR) is 140 cm³/mol. The summed E-state index contributed by atoms with van der Waals surface area (Å²) in [6.45, 7) is 0.517. The number of ether oxygens (including phenoxy) is 3. The SMILES string of the molecule is CS(=O)(=NC#N)c1ccc(-c2ccc(-c3nc4nc(O[C@@H]5CO[C@@H]6C(O)CO[C@@H]65)[nH]c4cc3Cl)cc2)cc1. The molecule has 2 saturated heterocycles. The van der Waals surface area contributed by atoms with Gasteiger partial charge < -0.3 is 24.3 Å². The number of imidazole rings is 1. The first-order chi connectivity index (χ1) is 18.3. The molecule has 0 aliphatic carbocycles. The number of hydrogen-bond acceptors (Lipinski definition) is 9. The van der Waals surface area contributed by atoms with Gasteiger partial charge in [-0.15, -0.1) is 4.36 Å². The lowest BCUT2D eigenvalue weighted by Gasteiger charge is -2.15. The summed E-state index contributed by atoms with van der Waals surface area (Å²) in [4.78, 5) is 12.7. The fourth-order valence-corrected chi connectivity index (χ4v) is 5.86. The monoisotopic (exact) mass is 551 g/mol. The first kappa shape index (κ1) is 24.8. The number of halogens is 1. The molecule has 2 aromatic carbocycles. The van der Waals surface area contributed by atoms with Gasteiger partial charge in [0.2, 0.25) is 6.19 Å². The van der Waals surface area contributed by atoms with E-state index in [4.69, 9.17) is 31.1 Å². The van der Waals surface area contributed by atoms with Crippen molar-refractivity contribution < 1.29 is 23.5 Å². The van der Waals surface area contributed by atoms with E-state index in [1.54, 1.807) is 24.4 Å². The summed E-state index contributed by atoms with van der Waals surface area (Å²) in [5, 5.41) is 19.1. The van der Waals surface area contributed by atoms with Crippen LogP contribution < -0.4 is 4.74 Å². The van der Waals surface area contributed by atoms with Crippen LogP contribution in [-0.2, 0) is 19.2 Å². The number of hydrogen-bond donors (Lipinski definition) is 2. The molecule has 2 N–H and O–H groups in total. The average Bonchev–Trinajstić information content (AvgIpc) is 3.60.